The van der Waals surface area contributed by atoms with Crippen LogP contribution in [0.1, 0.15) is 5.56 Å². The van der Waals surface area contributed by atoms with Gasteiger partial charge in [-0.2, -0.15) is 0 Å². The third-order valence-electron chi connectivity index (χ3n) is 4.21. The van der Waals surface area contributed by atoms with E-state index in [9.17, 15) is 9.90 Å². The molecule has 0 fully saturated rings. The third kappa shape index (κ3) is 3.39. The Bertz CT molecular complexity index is 1150. The number of nitrogens with one attached hydrogen (secondary N) is 1. The first kappa shape index (κ1) is 17.2. The molecule has 134 valence electrons. The van der Waals surface area contributed by atoms with Crippen molar-refractivity contribution in [3.8, 4) is 5.75 Å². The lowest BCUT2D eigenvalue weighted by Gasteiger charge is -2.10. The maximum atomic E-state index is 11.9. The van der Waals surface area contributed by atoms with E-state index in [2.05, 4.69) is 9.97 Å². The zero-order chi connectivity index (χ0) is 18.8. The number of para-hydroxylation sites is 2. The maximum absolute atomic E-state index is 11.9. The van der Waals surface area contributed by atoms with Gasteiger partial charge in [-0.1, -0.05) is 42.5 Å². The fraction of sp³-hybridized carbons (Fsp3) is 0.0476. The van der Waals surface area contributed by atoms with Crippen LogP contribution in [-0.2, 0) is 4.79 Å². The number of nitrogens with zero attached hydrogens (tertiary/aromatic N) is 1. The number of H-pyrrole nitrogens is 1. The van der Waals surface area contributed by atoms with E-state index in [4.69, 9.17) is 4.74 Å². The number of fused-ring (bicyclic) bond motifs is 2. The Kier molecular flexibility index (Phi) is 4.56. The lowest BCUT2D eigenvalue weighted by Crippen LogP contribution is -1.98. The minimum Gasteiger partial charge on any atom is -0.496 e. The number of ether oxygens (including phenoxy) is 1. The first-order valence-corrected chi connectivity index (χ1v) is 9.10. The highest BCUT2D eigenvalue weighted by molar-refractivity contribution is 8.04. The first-order chi connectivity index (χ1) is 13.2. The van der Waals surface area contributed by atoms with E-state index in [-0.39, 0.29) is 4.91 Å². The predicted molar refractivity (Wildman–Crippen MR) is 108 cm³/mol. The van der Waals surface area contributed by atoms with Crippen LogP contribution in [0.25, 0.3) is 27.9 Å². The second-order valence-electron chi connectivity index (χ2n) is 5.88. The van der Waals surface area contributed by atoms with E-state index in [1.54, 1.807) is 13.2 Å². The zero-order valence-electron chi connectivity index (χ0n) is 14.5. The summed E-state index contributed by atoms with van der Waals surface area (Å²) in [7, 11) is 1.58. The van der Waals surface area contributed by atoms with Gasteiger partial charge >= 0.3 is 5.97 Å². The highest BCUT2D eigenvalue weighted by Crippen LogP contribution is 2.34. The minimum atomic E-state index is -1.02. The summed E-state index contributed by atoms with van der Waals surface area (Å²) in [5, 5.41) is 12.2. The highest BCUT2D eigenvalue weighted by atomic mass is 32.2. The van der Waals surface area contributed by atoms with E-state index < -0.39 is 5.97 Å². The first-order valence-electron chi connectivity index (χ1n) is 8.29. The molecule has 0 bridgehead atoms. The van der Waals surface area contributed by atoms with Crippen molar-refractivity contribution in [1.29, 1.82) is 0 Å². The molecule has 3 aromatic carbocycles. The Morgan fingerprint density at radius 1 is 1.11 bits per heavy atom. The molecule has 4 aromatic rings. The summed E-state index contributed by atoms with van der Waals surface area (Å²) in [6.45, 7) is 0. The fourth-order valence-corrected chi connectivity index (χ4v) is 3.73. The Morgan fingerprint density at radius 2 is 1.89 bits per heavy atom. The van der Waals surface area contributed by atoms with Gasteiger partial charge < -0.3 is 14.8 Å². The van der Waals surface area contributed by atoms with Crippen LogP contribution in [-0.4, -0.2) is 28.2 Å². The number of rotatable bonds is 5. The van der Waals surface area contributed by atoms with Crippen molar-refractivity contribution in [1.82, 2.24) is 9.97 Å². The van der Waals surface area contributed by atoms with Crippen molar-refractivity contribution in [2.24, 2.45) is 0 Å². The van der Waals surface area contributed by atoms with Crippen LogP contribution in [0, 0.1) is 0 Å². The van der Waals surface area contributed by atoms with Gasteiger partial charge in [-0.05, 0) is 46.8 Å². The van der Waals surface area contributed by atoms with Gasteiger partial charge in [-0.25, -0.2) is 9.78 Å². The van der Waals surface area contributed by atoms with Gasteiger partial charge in [-0.15, -0.1) is 0 Å². The second kappa shape index (κ2) is 7.17. The van der Waals surface area contributed by atoms with E-state index in [0.29, 0.717) is 10.9 Å². The molecule has 27 heavy (non-hydrogen) atoms. The molecule has 0 spiro atoms. The number of hydrogen-bond acceptors (Lipinski definition) is 4. The van der Waals surface area contributed by atoms with Crippen LogP contribution in [0.3, 0.4) is 0 Å². The number of carbonyl (C=O) groups is 1. The fourth-order valence-electron chi connectivity index (χ4n) is 2.95. The number of aromatic amines is 1. The largest absolute Gasteiger partial charge is 0.496 e. The van der Waals surface area contributed by atoms with E-state index in [0.717, 1.165) is 39.1 Å². The lowest BCUT2D eigenvalue weighted by molar-refractivity contribution is -0.131. The number of aliphatic carboxylic acids is 1. The number of carboxylic acid groups (broad SMARTS) is 1. The molecule has 0 saturated heterocycles. The average molecular weight is 376 g/mol. The Hall–Kier alpha value is -3.25. The molecular weight excluding hydrogens is 360 g/mol. The summed E-state index contributed by atoms with van der Waals surface area (Å²) in [6.07, 6.45) is 1.64. The van der Waals surface area contributed by atoms with Crippen molar-refractivity contribution >= 4 is 45.6 Å². The van der Waals surface area contributed by atoms with E-state index in [1.165, 1.54) is 0 Å². The smallest absolute Gasteiger partial charge is 0.342 e. The summed E-state index contributed by atoms with van der Waals surface area (Å²) in [5.41, 5.74) is 2.40. The van der Waals surface area contributed by atoms with Crippen molar-refractivity contribution < 1.29 is 14.6 Å². The topological polar surface area (TPSA) is 75.2 Å². The molecular formula is C21H16N2O3S. The molecule has 0 unspecified atom stereocenters. The molecule has 0 radical (unpaired) electrons. The number of methoxy groups -OCH3 is 1. The van der Waals surface area contributed by atoms with Crippen molar-refractivity contribution in [3.63, 3.8) is 0 Å². The van der Waals surface area contributed by atoms with Crippen LogP contribution in [0.5, 0.6) is 5.75 Å². The van der Waals surface area contributed by atoms with Gasteiger partial charge in [-0.3, -0.25) is 0 Å². The number of hydrogen-bond donors (Lipinski definition) is 2. The standard InChI is InChI=1S/C21H16N2O3S/c1-26-18-11-10-13-6-2-3-7-14(13)15(18)12-19(20(24)25)27-21-22-16-8-4-5-9-17(16)23-21/h2-12H,1H3,(H,22,23)(H,24,25)/b19-12-. The lowest BCUT2D eigenvalue weighted by atomic mass is 10.0. The molecule has 1 heterocycles. The molecule has 0 aliphatic heterocycles. The SMILES string of the molecule is COc1ccc2ccccc2c1/C=C(\Sc1nc2ccccc2[nH]1)C(=O)O. The Balaban J connectivity index is 1.81. The summed E-state index contributed by atoms with van der Waals surface area (Å²) >= 11 is 1.08. The van der Waals surface area contributed by atoms with E-state index in [1.807, 2.05) is 60.7 Å². The van der Waals surface area contributed by atoms with Crippen molar-refractivity contribution in [2.45, 2.75) is 5.16 Å². The number of carboxylic acids is 1. The Morgan fingerprint density at radius 3 is 2.67 bits per heavy atom. The van der Waals surface area contributed by atoms with E-state index >= 15 is 0 Å². The predicted octanol–water partition coefficient (Wildman–Crippen LogP) is 4.94. The van der Waals surface area contributed by atoms with Crippen LogP contribution in [0.15, 0.2) is 70.7 Å². The van der Waals surface area contributed by atoms with Crippen LogP contribution >= 0.6 is 11.8 Å². The molecule has 1 aromatic heterocycles. The summed E-state index contributed by atoms with van der Waals surface area (Å²) in [4.78, 5) is 19.6. The number of aromatic nitrogens is 2. The molecule has 0 atom stereocenters. The number of benzene rings is 3. The molecule has 4 rings (SSSR count). The summed E-state index contributed by atoms with van der Waals surface area (Å²) < 4.78 is 5.46. The third-order valence-corrected chi connectivity index (χ3v) is 5.11. The van der Waals surface area contributed by atoms with Crippen LogP contribution < -0.4 is 4.74 Å². The number of imidazole rings is 1. The van der Waals surface area contributed by atoms with Crippen molar-refractivity contribution in [2.75, 3.05) is 7.11 Å². The number of thioether (sulfide) groups is 1. The highest BCUT2D eigenvalue weighted by Gasteiger charge is 2.15. The maximum Gasteiger partial charge on any atom is 0.342 e. The van der Waals surface area contributed by atoms with Gasteiger partial charge in [0.05, 0.1) is 18.1 Å². The second-order valence-corrected chi connectivity index (χ2v) is 6.91. The van der Waals surface area contributed by atoms with Crippen LogP contribution in [0.4, 0.5) is 0 Å². The molecule has 6 heteroatoms. The van der Waals surface area contributed by atoms with Gasteiger partial charge in [0.25, 0.3) is 0 Å². The normalized spacial score (nSPS) is 11.8. The van der Waals surface area contributed by atoms with Crippen LogP contribution in [0.2, 0.25) is 0 Å². The van der Waals surface area contributed by atoms with Gasteiger partial charge in [0.15, 0.2) is 5.16 Å². The molecule has 0 saturated carbocycles. The molecule has 2 N–H and O–H groups in total. The van der Waals surface area contributed by atoms with Crippen molar-refractivity contribution in [3.05, 3.63) is 71.1 Å². The molecule has 0 aliphatic rings. The molecule has 0 aliphatic carbocycles. The van der Waals surface area contributed by atoms with Gasteiger partial charge in [0.2, 0.25) is 0 Å². The molecule has 0 amide bonds. The Labute approximate surface area is 159 Å². The van der Waals surface area contributed by atoms with Gasteiger partial charge in [0.1, 0.15) is 10.7 Å². The monoisotopic (exact) mass is 376 g/mol. The molecule has 5 nitrogen and oxygen atoms in total. The minimum absolute atomic E-state index is 0.156. The summed E-state index contributed by atoms with van der Waals surface area (Å²) in [6, 6.07) is 19.2. The quantitative estimate of drug-likeness (QED) is 0.381. The summed E-state index contributed by atoms with van der Waals surface area (Å²) in [5.74, 6) is -0.395. The zero-order valence-corrected chi connectivity index (χ0v) is 15.3. The van der Waals surface area contributed by atoms with Gasteiger partial charge in [0, 0.05) is 5.56 Å². The average Bonchev–Trinajstić information content (AvgIpc) is 3.10.